The number of aromatic nitrogens is 4. The summed E-state index contributed by atoms with van der Waals surface area (Å²) in [6, 6.07) is 17.8. The molecule has 1 fully saturated rings. The standard InChI is InChI=1S/C46H50ClN9O10/c1-63-46(62)38-23-33-31-5-2-3-7-36(31)50-41(33)42(56(38)40(58)24-47)28-9-11-29(12-10-28)43(59)49-25-30-26-54(53-52-30)16-18-65-20-22-66-21-19-64-17-15-48-35-8-4-6-32-34(35)27-55(45(32)61)37-13-14-39(57)51-44(37)60/h2-12,26,37-38,42,48,50H,13-25,27H2,1H3,(H,49,59)(H,51,57,60)/t37?,38-,42+/m1/s1. The molecule has 0 aliphatic carbocycles. The van der Waals surface area contributed by atoms with Gasteiger partial charge in [-0.3, -0.25) is 29.3 Å². The molecule has 5 heterocycles. The van der Waals surface area contributed by atoms with Crippen molar-refractivity contribution < 1.29 is 47.7 Å². The van der Waals surface area contributed by atoms with Crippen LogP contribution in [0.15, 0.2) is 72.9 Å². The number of fused-ring (bicyclic) bond motifs is 4. The lowest BCUT2D eigenvalue weighted by Crippen LogP contribution is -2.52. The van der Waals surface area contributed by atoms with E-state index in [-0.39, 0.29) is 43.0 Å². The van der Waals surface area contributed by atoms with Crippen LogP contribution in [0.5, 0.6) is 0 Å². The minimum absolute atomic E-state index is 0.147. The molecule has 346 valence electrons. The second-order valence-electron chi connectivity index (χ2n) is 15.9. The highest BCUT2D eigenvalue weighted by Crippen LogP contribution is 2.41. The van der Waals surface area contributed by atoms with Crippen molar-refractivity contribution in [3.63, 3.8) is 0 Å². The smallest absolute Gasteiger partial charge is 0.328 e. The van der Waals surface area contributed by atoms with Crippen molar-refractivity contribution in [3.8, 4) is 0 Å². The summed E-state index contributed by atoms with van der Waals surface area (Å²) in [4.78, 5) is 83.0. The zero-order valence-corrected chi connectivity index (χ0v) is 37.0. The van der Waals surface area contributed by atoms with E-state index < -0.39 is 35.9 Å². The molecule has 3 aliphatic heterocycles. The van der Waals surface area contributed by atoms with Gasteiger partial charge in [-0.05, 0) is 47.9 Å². The summed E-state index contributed by atoms with van der Waals surface area (Å²) in [5, 5.41) is 17.8. The van der Waals surface area contributed by atoms with Crippen molar-refractivity contribution in [3.05, 3.63) is 112 Å². The lowest BCUT2D eigenvalue weighted by Gasteiger charge is -2.40. The van der Waals surface area contributed by atoms with Crippen molar-refractivity contribution in [2.24, 2.45) is 0 Å². The van der Waals surface area contributed by atoms with Crippen molar-refractivity contribution in [2.45, 2.75) is 57.0 Å². The Kier molecular flexibility index (Phi) is 14.7. The van der Waals surface area contributed by atoms with Crippen LogP contribution < -0.4 is 16.0 Å². The van der Waals surface area contributed by atoms with E-state index in [9.17, 15) is 28.8 Å². The number of benzene rings is 3. The topological polar surface area (TPSA) is 228 Å². The van der Waals surface area contributed by atoms with Gasteiger partial charge in [0.1, 0.15) is 23.7 Å². The van der Waals surface area contributed by atoms with E-state index in [1.54, 1.807) is 47.3 Å². The average Bonchev–Trinajstić information content (AvgIpc) is 4.05. The second kappa shape index (κ2) is 21.1. The number of ether oxygens (including phenoxy) is 4. The van der Waals surface area contributed by atoms with E-state index in [2.05, 4.69) is 31.2 Å². The van der Waals surface area contributed by atoms with Crippen molar-refractivity contribution >= 4 is 63.7 Å². The molecular weight excluding hydrogens is 874 g/mol. The summed E-state index contributed by atoms with van der Waals surface area (Å²) in [5.74, 6) is -2.58. The molecule has 4 N–H and O–H groups in total. The van der Waals surface area contributed by atoms with E-state index in [0.717, 1.165) is 33.4 Å². The number of carbonyl (C=O) groups excluding carboxylic acids is 6. The largest absolute Gasteiger partial charge is 0.467 e. The van der Waals surface area contributed by atoms with E-state index in [1.807, 2.05) is 30.3 Å². The third-order valence-corrected chi connectivity index (χ3v) is 12.1. The first-order valence-electron chi connectivity index (χ1n) is 21.7. The molecule has 5 amide bonds. The maximum Gasteiger partial charge on any atom is 0.328 e. The fourth-order valence-electron chi connectivity index (χ4n) is 8.66. The maximum atomic E-state index is 13.3. The monoisotopic (exact) mass is 923 g/mol. The first-order valence-corrected chi connectivity index (χ1v) is 22.2. The molecule has 3 aromatic carbocycles. The van der Waals surface area contributed by atoms with Crippen molar-refractivity contribution in [1.29, 1.82) is 0 Å². The Morgan fingerprint density at radius 2 is 1.65 bits per heavy atom. The number of carbonyl (C=O) groups is 6. The fourth-order valence-corrected chi connectivity index (χ4v) is 8.80. The minimum Gasteiger partial charge on any atom is -0.467 e. The fraction of sp³-hybridized carbons (Fsp3) is 0.391. The minimum atomic E-state index is -0.890. The Labute approximate surface area is 384 Å². The lowest BCUT2D eigenvalue weighted by atomic mass is 9.87. The Balaban J connectivity index is 0.718. The third-order valence-electron chi connectivity index (χ3n) is 11.9. The van der Waals surface area contributed by atoms with Crippen LogP contribution in [0.3, 0.4) is 0 Å². The summed E-state index contributed by atoms with van der Waals surface area (Å²) in [7, 11) is 1.30. The van der Waals surface area contributed by atoms with Crippen LogP contribution in [0.1, 0.15) is 67.7 Å². The predicted octanol–water partition coefficient (Wildman–Crippen LogP) is 2.87. The van der Waals surface area contributed by atoms with E-state index in [4.69, 9.17) is 30.5 Å². The molecule has 66 heavy (non-hydrogen) atoms. The lowest BCUT2D eigenvalue weighted by molar-refractivity contribution is -0.154. The molecule has 0 saturated carbocycles. The Morgan fingerprint density at radius 1 is 0.894 bits per heavy atom. The molecule has 1 unspecified atom stereocenters. The number of anilines is 1. The van der Waals surface area contributed by atoms with Crippen LogP contribution in [0.25, 0.3) is 10.9 Å². The molecule has 0 bridgehead atoms. The van der Waals surface area contributed by atoms with Gasteiger partial charge in [-0.15, -0.1) is 16.7 Å². The van der Waals surface area contributed by atoms with Gasteiger partial charge in [0.2, 0.25) is 17.7 Å². The van der Waals surface area contributed by atoms with Crippen LogP contribution in [0.2, 0.25) is 0 Å². The number of alkyl halides is 1. The number of H-pyrrole nitrogens is 1. The Bertz CT molecular complexity index is 2600. The number of amides is 5. The quantitative estimate of drug-likeness (QED) is 0.0382. The van der Waals surface area contributed by atoms with Crippen molar-refractivity contribution in [1.82, 2.24) is 40.4 Å². The molecule has 3 atom stereocenters. The first kappa shape index (κ1) is 45.9. The molecule has 0 radical (unpaired) electrons. The normalized spacial score (nSPS) is 18.0. The Morgan fingerprint density at radius 3 is 2.41 bits per heavy atom. The highest BCUT2D eigenvalue weighted by atomic mass is 35.5. The zero-order valence-electron chi connectivity index (χ0n) is 36.3. The summed E-state index contributed by atoms with van der Waals surface area (Å²) in [6.45, 7) is 3.73. The number of methoxy groups -OCH3 is 1. The summed E-state index contributed by atoms with van der Waals surface area (Å²) < 4.78 is 23.7. The highest BCUT2D eigenvalue weighted by Gasteiger charge is 2.44. The van der Waals surface area contributed by atoms with Gasteiger partial charge in [0.25, 0.3) is 11.8 Å². The van der Waals surface area contributed by atoms with Gasteiger partial charge >= 0.3 is 5.97 Å². The number of hydrogen-bond donors (Lipinski definition) is 4. The molecule has 5 aromatic rings. The molecular formula is C46H50ClN9O10. The number of para-hydroxylation sites is 1. The molecule has 1 saturated heterocycles. The van der Waals surface area contributed by atoms with Gasteiger partial charge in [-0.2, -0.15) is 0 Å². The van der Waals surface area contributed by atoms with Gasteiger partial charge in [-0.25, -0.2) is 9.48 Å². The molecule has 2 aromatic heterocycles. The second-order valence-corrected chi connectivity index (χ2v) is 16.2. The van der Waals surface area contributed by atoms with E-state index in [0.29, 0.717) is 88.1 Å². The number of piperidine rings is 1. The number of nitrogens with zero attached hydrogens (tertiary/aromatic N) is 5. The third kappa shape index (κ3) is 10.1. The molecule has 8 rings (SSSR count). The van der Waals surface area contributed by atoms with Crippen LogP contribution in [0.4, 0.5) is 5.69 Å². The predicted molar refractivity (Wildman–Crippen MR) is 238 cm³/mol. The zero-order chi connectivity index (χ0) is 46.2. The van der Waals surface area contributed by atoms with Crippen molar-refractivity contribution in [2.75, 3.05) is 64.5 Å². The van der Waals surface area contributed by atoms with Crippen LogP contribution in [-0.4, -0.2) is 137 Å². The van der Waals surface area contributed by atoms with Crippen LogP contribution >= 0.6 is 11.6 Å². The number of imide groups is 1. The average molecular weight is 924 g/mol. The van der Waals surface area contributed by atoms with Crippen LogP contribution in [-0.2, 0) is 64.2 Å². The van der Waals surface area contributed by atoms with Gasteiger partial charge < -0.3 is 44.4 Å². The molecule has 0 spiro atoms. The summed E-state index contributed by atoms with van der Waals surface area (Å²) in [5.41, 5.74) is 6.39. The number of esters is 1. The summed E-state index contributed by atoms with van der Waals surface area (Å²) >= 11 is 6.07. The van der Waals surface area contributed by atoms with E-state index >= 15 is 0 Å². The number of hydrogen-bond acceptors (Lipinski definition) is 13. The highest BCUT2D eigenvalue weighted by molar-refractivity contribution is 6.27. The number of nitrogens with one attached hydrogen (secondary N) is 4. The molecule has 20 heteroatoms. The number of aromatic amines is 1. The van der Waals surface area contributed by atoms with Gasteiger partial charge in [0.15, 0.2) is 0 Å². The SMILES string of the molecule is COC(=O)[C@H]1Cc2c([nH]c3ccccc23)[C@H](c2ccc(C(=O)NCc3cn(CCOCCOCCOCCNc4cccc5c4CN(C4CCC(=O)NC4=O)C5=O)nn3)cc2)N1C(=O)CCl. The summed E-state index contributed by atoms with van der Waals surface area (Å²) in [6.07, 6.45) is 2.52. The molecule has 19 nitrogen and oxygen atoms in total. The first-order chi connectivity index (χ1) is 32.1. The Hall–Kier alpha value is -6.67. The van der Waals surface area contributed by atoms with Gasteiger partial charge in [0.05, 0.1) is 72.1 Å². The molecule has 3 aliphatic rings. The van der Waals surface area contributed by atoms with Gasteiger partial charge in [-0.1, -0.05) is 41.6 Å². The maximum absolute atomic E-state index is 13.3. The van der Waals surface area contributed by atoms with Crippen LogP contribution in [0, 0.1) is 0 Å². The van der Waals surface area contributed by atoms with E-state index in [1.165, 1.54) is 16.9 Å². The number of halogens is 1. The van der Waals surface area contributed by atoms with Gasteiger partial charge in [0, 0.05) is 64.9 Å². The number of rotatable bonds is 20.